The molecular formula is C15H15ClFNO. The first-order chi connectivity index (χ1) is 8.99. The Bertz CT molecular complexity index is 569. The number of halogens is 2. The Kier molecular flexibility index (Phi) is 4.08. The van der Waals surface area contributed by atoms with Crippen LogP contribution in [0.3, 0.4) is 0 Å². The first kappa shape index (κ1) is 13.8. The van der Waals surface area contributed by atoms with Gasteiger partial charge in [0.05, 0.1) is 16.8 Å². The molecule has 0 aliphatic rings. The highest BCUT2D eigenvalue weighted by Crippen LogP contribution is 2.32. The van der Waals surface area contributed by atoms with Gasteiger partial charge in [-0.05, 0) is 48.9 Å². The Hall–Kier alpha value is -1.58. The average Bonchev–Trinajstić information content (AvgIpc) is 2.38. The van der Waals surface area contributed by atoms with Crippen LogP contribution < -0.4 is 4.90 Å². The number of aliphatic hydroxyl groups excluding tert-OH is 1. The maximum absolute atomic E-state index is 12.9. The van der Waals surface area contributed by atoms with E-state index in [9.17, 15) is 9.50 Å². The van der Waals surface area contributed by atoms with Crippen molar-refractivity contribution in [2.75, 3.05) is 11.9 Å². The SMILES string of the molecule is C[C@@H](O)c1ccc(N(C)c2ccc(F)cc2)c(Cl)c1. The van der Waals surface area contributed by atoms with E-state index in [1.807, 2.05) is 24.1 Å². The zero-order valence-electron chi connectivity index (χ0n) is 10.8. The van der Waals surface area contributed by atoms with Crippen molar-refractivity contribution in [2.45, 2.75) is 13.0 Å². The van der Waals surface area contributed by atoms with Crippen LogP contribution in [0.2, 0.25) is 5.02 Å². The minimum absolute atomic E-state index is 0.271. The van der Waals surface area contributed by atoms with E-state index in [1.54, 1.807) is 25.1 Å². The monoisotopic (exact) mass is 279 g/mol. The first-order valence-electron chi connectivity index (χ1n) is 5.96. The highest BCUT2D eigenvalue weighted by molar-refractivity contribution is 6.33. The molecule has 0 unspecified atom stereocenters. The van der Waals surface area contributed by atoms with Gasteiger partial charge in [0.15, 0.2) is 0 Å². The lowest BCUT2D eigenvalue weighted by atomic mass is 10.1. The molecule has 0 aromatic heterocycles. The van der Waals surface area contributed by atoms with Crippen LogP contribution in [0.15, 0.2) is 42.5 Å². The van der Waals surface area contributed by atoms with Crippen molar-refractivity contribution in [3.8, 4) is 0 Å². The van der Waals surface area contributed by atoms with Gasteiger partial charge in [-0.1, -0.05) is 17.7 Å². The van der Waals surface area contributed by atoms with Crippen molar-refractivity contribution in [1.29, 1.82) is 0 Å². The molecule has 0 spiro atoms. The van der Waals surface area contributed by atoms with E-state index in [1.165, 1.54) is 12.1 Å². The van der Waals surface area contributed by atoms with Crippen LogP contribution in [0, 0.1) is 5.82 Å². The molecule has 1 atom stereocenters. The molecule has 0 saturated heterocycles. The van der Waals surface area contributed by atoms with Gasteiger partial charge in [0.1, 0.15) is 5.82 Å². The second-order valence-corrected chi connectivity index (χ2v) is 4.83. The molecule has 0 saturated carbocycles. The molecule has 0 amide bonds. The summed E-state index contributed by atoms with van der Waals surface area (Å²) in [5.41, 5.74) is 2.41. The fourth-order valence-electron chi connectivity index (χ4n) is 1.86. The Labute approximate surface area is 117 Å². The van der Waals surface area contributed by atoms with Crippen LogP contribution in [0.4, 0.5) is 15.8 Å². The van der Waals surface area contributed by atoms with E-state index < -0.39 is 6.10 Å². The largest absolute Gasteiger partial charge is 0.389 e. The highest BCUT2D eigenvalue weighted by atomic mass is 35.5. The minimum atomic E-state index is -0.553. The molecule has 0 fully saturated rings. The number of rotatable bonds is 3. The number of anilines is 2. The molecular weight excluding hydrogens is 265 g/mol. The van der Waals surface area contributed by atoms with Crippen molar-refractivity contribution >= 4 is 23.0 Å². The van der Waals surface area contributed by atoms with E-state index in [0.717, 1.165) is 16.9 Å². The molecule has 0 radical (unpaired) electrons. The van der Waals surface area contributed by atoms with Gasteiger partial charge in [-0.2, -0.15) is 0 Å². The quantitative estimate of drug-likeness (QED) is 0.905. The van der Waals surface area contributed by atoms with Crippen LogP contribution in [0.5, 0.6) is 0 Å². The normalized spacial score (nSPS) is 12.3. The zero-order chi connectivity index (χ0) is 14.0. The third kappa shape index (κ3) is 3.06. The van der Waals surface area contributed by atoms with Gasteiger partial charge < -0.3 is 10.0 Å². The van der Waals surface area contributed by atoms with Gasteiger partial charge >= 0.3 is 0 Å². The summed E-state index contributed by atoms with van der Waals surface area (Å²) in [6.45, 7) is 1.69. The van der Waals surface area contributed by atoms with Crippen molar-refractivity contribution < 1.29 is 9.50 Å². The third-order valence-electron chi connectivity index (χ3n) is 3.03. The molecule has 2 aromatic carbocycles. The summed E-state index contributed by atoms with van der Waals surface area (Å²) in [4.78, 5) is 1.87. The maximum atomic E-state index is 12.9. The number of benzene rings is 2. The second-order valence-electron chi connectivity index (χ2n) is 4.42. The van der Waals surface area contributed by atoms with Crippen LogP contribution in [0.1, 0.15) is 18.6 Å². The van der Waals surface area contributed by atoms with Gasteiger partial charge in [-0.15, -0.1) is 0 Å². The molecule has 0 aliphatic heterocycles. The van der Waals surface area contributed by atoms with E-state index in [-0.39, 0.29) is 5.82 Å². The van der Waals surface area contributed by atoms with E-state index in [2.05, 4.69) is 0 Å². The van der Waals surface area contributed by atoms with E-state index >= 15 is 0 Å². The average molecular weight is 280 g/mol. The van der Waals surface area contributed by atoms with Gasteiger partial charge in [-0.25, -0.2) is 4.39 Å². The molecule has 1 N–H and O–H groups in total. The van der Waals surface area contributed by atoms with Crippen LogP contribution in [-0.2, 0) is 0 Å². The molecule has 19 heavy (non-hydrogen) atoms. The predicted octanol–water partition coefficient (Wildman–Crippen LogP) is 4.30. The minimum Gasteiger partial charge on any atom is -0.389 e. The summed E-state index contributed by atoms with van der Waals surface area (Å²) in [6.07, 6.45) is -0.553. The van der Waals surface area contributed by atoms with Gasteiger partial charge in [0.2, 0.25) is 0 Å². The lowest BCUT2D eigenvalue weighted by Crippen LogP contribution is -2.10. The second kappa shape index (κ2) is 5.59. The van der Waals surface area contributed by atoms with Crippen molar-refractivity contribution in [3.63, 3.8) is 0 Å². The number of aliphatic hydroxyl groups is 1. The fourth-order valence-corrected chi connectivity index (χ4v) is 2.17. The summed E-state index contributed by atoms with van der Waals surface area (Å²) in [5, 5.41) is 10.1. The summed E-state index contributed by atoms with van der Waals surface area (Å²) in [5.74, 6) is -0.271. The van der Waals surface area contributed by atoms with Gasteiger partial charge in [0.25, 0.3) is 0 Å². The van der Waals surface area contributed by atoms with Crippen molar-refractivity contribution in [3.05, 3.63) is 58.9 Å². The summed E-state index contributed by atoms with van der Waals surface area (Å²) in [6, 6.07) is 11.6. The molecule has 2 aromatic rings. The maximum Gasteiger partial charge on any atom is 0.123 e. The lowest BCUT2D eigenvalue weighted by molar-refractivity contribution is 0.199. The summed E-state index contributed by atoms with van der Waals surface area (Å²) < 4.78 is 12.9. The van der Waals surface area contributed by atoms with Crippen molar-refractivity contribution in [2.24, 2.45) is 0 Å². The van der Waals surface area contributed by atoms with Gasteiger partial charge in [0, 0.05) is 12.7 Å². The fraction of sp³-hybridized carbons (Fsp3) is 0.200. The van der Waals surface area contributed by atoms with Crippen molar-refractivity contribution in [1.82, 2.24) is 0 Å². The van der Waals surface area contributed by atoms with Crippen LogP contribution in [0.25, 0.3) is 0 Å². The lowest BCUT2D eigenvalue weighted by Gasteiger charge is -2.21. The third-order valence-corrected chi connectivity index (χ3v) is 3.33. The molecule has 100 valence electrons. The van der Waals surface area contributed by atoms with E-state index in [0.29, 0.717) is 5.02 Å². The molecule has 2 rings (SSSR count). The van der Waals surface area contributed by atoms with Crippen LogP contribution in [-0.4, -0.2) is 12.2 Å². The topological polar surface area (TPSA) is 23.5 Å². The predicted molar refractivity (Wildman–Crippen MR) is 76.5 cm³/mol. The Balaban J connectivity index is 2.33. The number of hydrogen-bond donors (Lipinski definition) is 1. The van der Waals surface area contributed by atoms with Gasteiger partial charge in [-0.3, -0.25) is 0 Å². The van der Waals surface area contributed by atoms with Crippen LogP contribution >= 0.6 is 11.6 Å². The Morgan fingerprint density at radius 3 is 2.32 bits per heavy atom. The Morgan fingerprint density at radius 2 is 1.79 bits per heavy atom. The molecule has 0 bridgehead atoms. The molecule has 0 aliphatic carbocycles. The summed E-state index contributed by atoms with van der Waals surface area (Å²) in [7, 11) is 1.86. The smallest absolute Gasteiger partial charge is 0.123 e. The standard InChI is InChI=1S/C15H15ClFNO/c1-10(19)11-3-8-15(14(16)9-11)18(2)13-6-4-12(17)5-7-13/h3-10,19H,1-2H3/t10-/m1/s1. The van der Waals surface area contributed by atoms with E-state index in [4.69, 9.17) is 11.6 Å². The highest BCUT2D eigenvalue weighted by Gasteiger charge is 2.10. The number of hydrogen-bond acceptors (Lipinski definition) is 2. The molecule has 4 heteroatoms. The Morgan fingerprint density at radius 1 is 1.16 bits per heavy atom. The first-order valence-corrected chi connectivity index (χ1v) is 6.33. The molecule has 0 heterocycles. The molecule has 2 nitrogen and oxygen atoms in total. The summed E-state index contributed by atoms with van der Waals surface area (Å²) >= 11 is 6.22. The zero-order valence-corrected chi connectivity index (χ0v) is 11.5. The number of nitrogens with zero attached hydrogens (tertiary/aromatic N) is 1.